The summed E-state index contributed by atoms with van der Waals surface area (Å²) in [4.78, 5) is 23.4. The highest BCUT2D eigenvalue weighted by molar-refractivity contribution is 6.01. The molecular weight excluding hydrogens is 244 g/mol. The van der Waals surface area contributed by atoms with Crippen molar-refractivity contribution >= 4 is 17.6 Å². The van der Waals surface area contributed by atoms with Gasteiger partial charge in [0.15, 0.2) is 0 Å². The van der Waals surface area contributed by atoms with Crippen LogP contribution >= 0.6 is 0 Å². The van der Waals surface area contributed by atoms with Gasteiger partial charge in [-0.25, -0.2) is 4.79 Å². The topological polar surface area (TPSA) is 67.4 Å². The van der Waals surface area contributed by atoms with Crippen LogP contribution in [0.15, 0.2) is 24.3 Å². The summed E-state index contributed by atoms with van der Waals surface area (Å²) in [5.74, 6) is -0.774. The summed E-state index contributed by atoms with van der Waals surface area (Å²) >= 11 is 0. The van der Waals surface area contributed by atoms with Gasteiger partial charge in [0.2, 0.25) is 0 Å². The Kier molecular flexibility index (Phi) is 5.36. The predicted molar refractivity (Wildman–Crippen MR) is 74.1 cm³/mol. The van der Waals surface area contributed by atoms with Crippen LogP contribution in [0.1, 0.15) is 31.1 Å². The maximum absolute atomic E-state index is 12.1. The molecule has 1 rings (SSSR count). The number of benzene rings is 1. The Balaban J connectivity index is 2.84. The van der Waals surface area contributed by atoms with Gasteiger partial charge in [-0.1, -0.05) is 12.1 Å². The van der Waals surface area contributed by atoms with E-state index in [1.54, 1.807) is 19.1 Å². The zero-order chi connectivity index (χ0) is 14.4. The number of methoxy groups -OCH3 is 1. The summed E-state index contributed by atoms with van der Waals surface area (Å²) in [5.41, 5.74) is 1.25. The zero-order valence-electron chi connectivity index (χ0n) is 11.7. The minimum atomic E-state index is -0.676. The molecule has 0 aliphatic heterocycles. The van der Waals surface area contributed by atoms with Crippen LogP contribution in [-0.4, -0.2) is 31.1 Å². The van der Waals surface area contributed by atoms with E-state index in [1.165, 1.54) is 7.11 Å². The fourth-order valence-electron chi connectivity index (χ4n) is 1.63. The van der Waals surface area contributed by atoms with E-state index in [0.29, 0.717) is 5.56 Å². The first-order valence-corrected chi connectivity index (χ1v) is 6.20. The second-order valence-electron chi connectivity index (χ2n) is 4.56. The van der Waals surface area contributed by atoms with Crippen molar-refractivity contribution < 1.29 is 14.3 Å². The number of nitrogens with one attached hydrogen (secondary N) is 2. The number of para-hydroxylation sites is 1. The van der Waals surface area contributed by atoms with Crippen molar-refractivity contribution in [1.29, 1.82) is 0 Å². The van der Waals surface area contributed by atoms with E-state index in [2.05, 4.69) is 15.4 Å². The number of ether oxygens (including phenoxy) is 1. The van der Waals surface area contributed by atoms with Crippen molar-refractivity contribution in [2.24, 2.45) is 0 Å². The number of carbonyl (C=O) groups is 2. The van der Waals surface area contributed by atoms with Gasteiger partial charge in [0, 0.05) is 11.7 Å². The van der Waals surface area contributed by atoms with Crippen LogP contribution < -0.4 is 10.6 Å². The normalized spacial score (nSPS) is 11.8. The Labute approximate surface area is 113 Å². The van der Waals surface area contributed by atoms with E-state index in [0.717, 1.165) is 5.69 Å². The molecule has 1 amide bonds. The van der Waals surface area contributed by atoms with Gasteiger partial charge in [-0.2, -0.15) is 0 Å². The first-order valence-electron chi connectivity index (χ1n) is 6.20. The van der Waals surface area contributed by atoms with Crippen molar-refractivity contribution in [2.75, 3.05) is 12.4 Å². The molecule has 1 atom stereocenters. The zero-order valence-corrected chi connectivity index (χ0v) is 11.7. The summed E-state index contributed by atoms with van der Waals surface area (Å²) in [7, 11) is 1.29. The quantitative estimate of drug-likeness (QED) is 0.796. The third-order valence-corrected chi connectivity index (χ3v) is 2.52. The van der Waals surface area contributed by atoms with E-state index < -0.39 is 12.0 Å². The Bertz CT molecular complexity index is 458. The molecule has 0 aromatic heterocycles. The van der Waals surface area contributed by atoms with Gasteiger partial charge >= 0.3 is 5.97 Å². The van der Waals surface area contributed by atoms with Crippen molar-refractivity contribution in [1.82, 2.24) is 5.32 Å². The minimum Gasteiger partial charge on any atom is -0.467 e. The van der Waals surface area contributed by atoms with Crippen LogP contribution in [0, 0.1) is 0 Å². The van der Waals surface area contributed by atoms with Crippen LogP contribution in [0.3, 0.4) is 0 Å². The monoisotopic (exact) mass is 264 g/mol. The molecule has 0 fully saturated rings. The van der Waals surface area contributed by atoms with Crippen LogP contribution in [0.5, 0.6) is 0 Å². The molecule has 0 heterocycles. The van der Waals surface area contributed by atoms with Crippen LogP contribution in [0.2, 0.25) is 0 Å². The van der Waals surface area contributed by atoms with Gasteiger partial charge in [0.1, 0.15) is 6.04 Å². The maximum atomic E-state index is 12.1. The summed E-state index contributed by atoms with van der Waals surface area (Å²) in [6, 6.07) is 6.72. The van der Waals surface area contributed by atoms with Gasteiger partial charge in [-0.3, -0.25) is 4.79 Å². The molecule has 2 N–H and O–H groups in total. The first-order chi connectivity index (χ1) is 8.95. The van der Waals surface area contributed by atoms with Crippen molar-refractivity contribution in [2.45, 2.75) is 32.9 Å². The second-order valence-corrected chi connectivity index (χ2v) is 4.56. The third-order valence-electron chi connectivity index (χ3n) is 2.52. The van der Waals surface area contributed by atoms with E-state index in [9.17, 15) is 9.59 Å². The molecule has 0 aliphatic carbocycles. The molecule has 5 nitrogen and oxygen atoms in total. The highest BCUT2D eigenvalue weighted by Gasteiger charge is 2.18. The molecule has 1 aromatic carbocycles. The fraction of sp³-hybridized carbons (Fsp3) is 0.429. The van der Waals surface area contributed by atoms with E-state index in [1.807, 2.05) is 26.0 Å². The molecule has 1 unspecified atom stereocenters. The molecule has 1 aromatic rings. The molecule has 5 heteroatoms. The smallest absolute Gasteiger partial charge is 0.328 e. The number of esters is 1. The number of rotatable bonds is 5. The Hall–Kier alpha value is -2.04. The van der Waals surface area contributed by atoms with Crippen molar-refractivity contribution in [3.05, 3.63) is 29.8 Å². The van der Waals surface area contributed by atoms with Crippen LogP contribution in [0.4, 0.5) is 5.69 Å². The number of hydrogen-bond acceptors (Lipinski definition) is 4. The molecule has 104 valence electrons. The molecule has 0 spiro atoms. The maximum Gasteiger partial charge on any atom is 0.328 e. The highest BCUT2D eigenvalue weighted by Crippen LogP contribution is 2.16. The average Bonchev–Trinajstić information content (AvgIpc) is 2.37. The number of anilines is 1. The lowest BCUT2D eigenvalue weighted by Gasteiger charge is -2.16. The average molecular weight is 264 g/mol. The Morgan fingerprint density at radius 3 is 2.37 bits per heavy atom. The van der Waals surface area contributed by atoms with E-state index >= 15 is 0 Å². The van der Waals surface area contributed by atoms with Gasteiger partial charge in [0.25, 0.3) is 5.91 Å². The largest absolute Gasteiger partial charge is 0.467 e. The third kappa shape index (κ3) is 4.28. The summed E-state index contributed by atoms with van der Waals surface area (Å²) < 4.78 is 4.57. The fourth-order valence-corrected chi connectivity index (χ4v) is 1.63. The summed E-state index contributed by atoms with van der Waals surface area (Å²) in [6.45, 7) is 5.57. The number of hydrogen-bond donors (Lipinski definition) is 2. The van der Waals surface area contributed by atoms with E-state index in [-0.39, 0.29) is 11.9 Å². The van der Waals surface area contributed by atoms with Gasteiger partial charge in [0.05, 0.1) is 12.7 Å². The highest BCUT2D eigenvalue weighted by atomic mass is 16.5. The predicted octanol–water partition coefficient (Wildman–Crippen LogP) is 1.80. The van der Waals surface area contributed by atoms with Crippen molar-refractivity contribution in [3.8, 4) is 0 Å². The van der Waals surface area contributed by atoms with E-state index in [4.69, 9.17) is 0 Å². The molecule has 0 bridgehead atoms. The first kappa shape index (κ1) is 15.0. The molecule has 19 heavy (non-hydrogen) atoms. The molecule has 0 radical (unpaired) electrons. The van der Waals surface area contributed by atoms with Crippen LogP contribution in [-0.2, 0) is 9.53 Å². The minimum absolute atomic E-state index is 0.215. The summed E-state index contributed by atoms with van der Waals surface area (Å²) in [5, 5.41) is 5.80. The lowest BCUT2D eigenvalue weighted by atomic mass is 10.1. The van der Waals surface area contributed by atoms with Gasteiger partial charge < -0.3 is 15.4 Å². The molecular formula is C14H20N2O3. The standard InChI is InChI=1S/C14H20N2O3/c1-9(2)15-12-8-6-5-7-11(12)13(17)16-10(3)14(18)19-4/h5-10,15H,1-4H3,(H,16,17). The lowest BCUT2D eigenvalue weighted by molar-refractivity contribution is -0.142. The summed E-state index contributed by atoms with van der Waals surface area (Å²) in [6.07, 6.45) is 0. The molecule has 0 saturated carbocycles. The van der Waals surface area contributed by atoms with Crippen molar-refractivity contribution in [3.63, 3.8) is 0 Å². The Morgan fingerprint density at radius 2 is 1.79 bits per heavy atom. The Morgan fingerprint density at radius 1 is 1.16 bits per heavy atom. The lowest BCUT2D eigenvalue weighted by Crippen LogP contribution is -2.39. The van der Waals surface area contributed by atoms with Gasteiger partial charge in [-0.05, 0) is 32.9 Å². The number of carbonyl (C=O) groups excluding carboxylic acids is 2. The molecule has 0 saturated heterocycles. The van der Waals surface area contributed by atoms with Crippen LogP contribution in [0.25, 0.3) is 0 Å². The molecule has 0 aliphatic rings. The number of amides is 1. The second kappa shape index (κ2) is 6.78. The van der Waals surface area contributed by atoms with Gasteiger partial charge in [-0.15, -0.1) is 0 Å². The SMILES string of the molecule is COC(=O)C(C)NC(=O)c1ccccc1NC(C)C.